The number of hydrogen-bond donors (Lipinski definition) is 2. The molecule has 0 aliphatic heterocycles. The molecule has 7 heteroatoms. The molecular formula is C10H12N6S. The molecule has 0 bridgehead atoms. The number of thioether (sulfide) groups is 1. The standard InChI is InChI=1S/C10H12N6S/c1-7(9(11)12)17-10-13-14-15-16(10)8-5-3-2-4-6-8/h2-7H,1H3,(H3,11,12). The van der Waals surface area contributed by atoms with Gasteiger partial charge in [-0.2, -0.15) is 4.68 Å². The molecular weight excluding hydrogens is 236 g/mol. The highest BCUT2D eigenvalue weighted by atomic mass is 32.2. The summed E-state index contributed by atoms with van der Waals surface area (Å²) in [6, 6.07) is 9.59. The minimum absolute atomic E-state index is 0.109. The van der Waals surface area contributed by atoms with E-state index in [2.05, 4.69) is 15.5 Å². The Balaban J connectivity index is 2.26. The number of benzene rings is 1. The van der Waals surface area contributed by atoms with E-state index in [1.165, 1.54) is 11.8 Å². The van der Waals surface area contributed by atoms with Crippen LogP contribution in [0.15, 0.2) is 35.5 Å². The molecule has 0 aliphatic rings. The van der Waals surface area contributed by atoms with Crippen molar-refractivity contribution in [2.75, 3.05) is 0 Å². The third-order valence-electron chi connectivity index (χ3n) is 2.16. The maximum Gasteiger partial charge on any atom is 0.214 e. The second-order valence-electron chi connectivity index (χ2n) is 3.42. The highest BCUT2D eigenvalue weighted by molar-refractivity contribution is 8.00. The molecule has 1 aromatic heterocycles. The van der Waals surface area contributed by atoms with Gasteiger partial charge in [0.25, 0.3) is 0 Å². The van der Waals surface area contributed by atoms with Gasteiger partial charge < -0.3 is 5.73 Å². The van der Waals surface area contributed by atoms with Gasteiger partial charge >= 0.3 is 0 Å². The summed E-state index contributed by atoms with van der Waals surface area (Å²) in [4.78, 5) is 0. The molecule has 0 radical (unpaired) electrons. The second-order valence-corrected chi connectivity index (χ2v) is 4.73. The topological polar surface area (TPSA) is 93.5 Å². The molecule has 0 amide bonds. The Bertz CT molecular complexity index is 509. The molecule has 88 valence electrons. The molecule has 2 aromatic rings. The van der Waals surface area contributed by atoms with E-state index in [1.54, 1.807) is 4.68 Å². The van der Waals surface area contributed by atoms with Crippen molar-refractivity contribution in [1.29, 1.82) is 5.41 Å². The first-order valence-electron chi connectivity index (χ1n) is 5.03. The SMILES string of the molecule is CC(Sc1nnnn1-c1ccccc1)C(=N)N. The Hall–Kier alpha value is -1.89. The first kappa shape index (κ1) is 11.6. The summed E-state index contributed by atoms with van der Waals surface area (Å²) < 4.78 is 1.63. The van der Waals surface area contributed by atoms with E-state index in [1.807, 2.05) is 37.3 Å². The van der Waals surface area contributed by atoms with Crippen molar-refractivity contribution in [3.05, 3.63) is 30.3 Å². The predicted octanol–water partition coefficient (Wildman–Crippen LogP) is 1.08. The monoisotopic (exact) mass is 248 g/mol. The van der Waals surface area contributed by atoms with Crippen LogP contribution in [0.2, 0.25) is 0 Å². The van der Waals surface area contributed by atoms with Gasteiger partial charge in [-0.15, -0.1) is 5.10 Å². The van der Waals surface area contributed by atoms with Gasteiger partial charge in [-0.05, 0) is 29.5 Å². The van der Waals surface area contributed by atoms with Gasteiger partial charge in [0, 0.05) is 0 Å². The van der Waals surface area contributed by atoms with E-state index < -0.39 is 0 Å². The summed E-state index contributed by atoms with van der Waals surface area (Å²) in [6.45, 7) is 1.84. The first-order valence-corrected chi connectivity index (χ1v) is 5.91. The van der Waals surface area contributed by atoms with Crippen molar-refractivity contribution in [2.45, 2.75) is 17.3 Å². The van der Waals surface area contributed by atoms with E-state index in [0.29, 0.717) is 5.16 Å². The summed E-state index contributed by atoms with van der Waals surface area (Å²) in [6.07, 6.45) is 0. The molecule has 0 spiro atoms. The van der Waals surface area contributed by atoms with E-state index >= 15 is 0 Å². The molecule has 3 N–H and O–H groups in total. The number of nitrogens with two attached hydrogens (primary N) is 1. The average Bonchev–Trinajstić information content (AvgIpc) is 2.78. The van der Waals surface area contributed by atoms with Crippen LogP contribution in [0, 0.1) is 5.41 Å². The van der Waals surface area contributed by atoms with Crippen LogP contribution in [-0.4, -0.2) is 31.3 Å². The van der Waals surface area contributed by atoms with Crippen LogP contribution in [0.25, 0.3) is 5.69 Å². The minimum atomic E-state index is -0.150. The maximum absolute atomic E-state index is 7.36. The number of nitrogens with one attached hydrogen (secondary N) is 1. The molecule has 1 heterocycles. The third-order valence-corrected chi connectivity index (χ3v) is 3.23. The number of rotatable bonds is 4. The number of tetrazole rings is 1. The van der Waals surface area contributed by atoms with Crippen molar-refractivity contribution in [3.63, 3.8) is 0 Å². The van der Waals surface area contributed by atoms with Crippen LogP contribution < -0.4 is 5.73 Å². The van der Waals surface area contributed by atoms with Crippen LogP contribution in [0.1, 0.15) is 6.92 Å². The van der Waals surface area contributed by atoms with Gasteiger partial charge in [-0.3, -0.25) is 5.41 Å². The number of aromatic nitrogens is 4. The van der Waals surface area contributed by atoms with Crippen molar-refractivity contribution in [2.24, 2.45) is 5.73 Å². The van der Waals surface area contributed by atoms with Crippen LogP contribution in [0.5, 0.6) is 0 Å². The van der Waals surface area contributed by atoms with Crippen molar-refractivity contribution < 1.29 is 0 Å². The smallest absolute Gasteiger partial charge is 0.214 e. The van der Waals surface area contributed by atoms with Crippen LogP contribution in [0.3, 0.4) is 0 Å². The lowest BCUT2D eigenvalue weighted by molar-refractivity contribution is 0.756. The summed E-state index contributed by atoms with van der Waals surface area (Å²) in [5, 5.41) is 19.3. The molecule has 0 saturated heterocycles. The molecule has 2 rings (SSSR count). The van der Waals surface area contributed by atoms with E-state index in [9.17, 15) is 0 Å². The van der Waals surface area contributed by atoms with Crippen LogP contribution >= 0.6 is 11.8 Å². The molecule has 0 aliphatic carbocycles. The maximum atomic E-state index is 7.36. The number of amidine groups is 1. The van der Waals surface area contributed by atoms with E-state index in [0.717, 1.165) is 5.69 Å². The fraction of sp³-hybridized carbons (Fsp3) is 0.200. The molecule has 1 aromatic carbocycles. The number of hydrogen-bond acceptors (Lipinski definition) is 5. The van der Waals surface area contributed by atoms with Gasteiger partial charge in [-0.25, -0.2) is 0 Å². The molecule has 1 atom stereocenters. The lowest BCUT2D eigenvalue weighted by Crippen LogP contribution is -2.22. The van der Waals surface area contributed by atoms with Gasteiger partial charge in [-0.1, -0.05) is 30.0 Å². The zero-order valence-electron chi connectivity index (χ0n) is 9.24. The van der Waals surface area contributed by atoms with Gasteiger partial charge in [0.05, 0.1) is 10.9 Å². The third kappa shape index (κ3) is 2.62. The molecule has 6 nitrogen and oxygen atoms in total. The van der Waals surface area contributed by atoms with Crippen molar-refractivity contribution >= 4 is 17.6 Å². The predicted molar refractivity (Wildman–Crippen MR) is 66.4 cm³/mol. The molecule has 17 heavy (non-hydrogen) atoms. The van der Waals surface area contributed by atoms with E-state index in [4.69, 9.17) is 11.1 Å². The normalized spacial score (nSPS) is 12.3. The van der Waals surface area contributed by atoms with Gasteiger partial charge in [0.1, 0.15) is 5.84 Å². The number of para-hydroxylation sites is 1. The minimum Gasteiger partial charge on any atom is -0.387 e. The first-order chi connectivity index (χ1) is 8.18. The fourth-order valence-corrected chi connectivity index (χ4v) is 1.97. The Morgan fingerprint density at radius 1 is 1.41 bits per heavy atom. The highest BCUT2D eigenvalue weighted by Crippen LogP contribution is 2.22. The Kier molecular flexibility index (Phi) is 3.38. The molecule has 0 saturated carbocycles. The quantitative estimate of drug-likeness (QED) is 0.479. The molecule has 1 unspecified atom stereocenters. The Morgan fingerprint density at radius 3 is 2.76 bits per heavy atom. The average molecular weight is 248 g/mol. The molecule has 0 fully saturated rings. The summed E-state index contributed by atoms with van der Waals surface area (Å²) in [7, 11) is 0. The Labute approximate surface area is 103 Å². The van der Waals surface area contributed by atoms with Gasteiger partial charge in [0.2, 0.25) is 5.16 Å². The summed E-state index contributed by atoms with van der Waals surface area (Å²) in [5.74, 6) is 0.109. The second kappa shape index (κ2) is 4.96. The van der Waals surface area contributed by atoms with E-state index in [-0.39, 0.29) is 11.1 Å². The lowest BCUT2D eigenvalue weighted by atomic mass is 10.3. The van der Waals surface area contributed by atoms with Gasteiger partial charge in [0.15, 0.2) is 0 Å². The fourth-order valence-electron chi connectivity index (χ4n) is 1.21. The largest absolute Gasteiger partial charge is 0.387 e. The summed E-state index contributed by atoms with van der Waals surface area (Å²) >= 11 is 1.36. The van der Waals surface area contributed by atoms with Crippen LogP contribution in [-0.2, 0) is 0 Å². The van der Waals surface area contributed by atoms with Crippen molar-refractivity contribution in [1.82, 2.24) is 20.2 Å². The number of nitrogens with zero attached hydrogens (tertiary/aromatic N) is 4. The summed E-state index contributed by atoms with van der Waals surface area (Å²) in [5.41, 5.74) is 6.31. The highest BCUT2D eigenvalue weighted by Gasteiger charge is 2.14. The van der Waals surface area contributed by atoms with Crippen LogP contribution in [0.4, 0.5) is 0 Å². The Morgan fingerprint density at radius 2 is 2.12 bits per heavy atom. The van der Waals surface area contributed by atoms with Crippen molar-refractivity contribution in [3.8, 4) is 5.69 Å². The zero-order chi connectivity index (χ0) is 12.3. The lowest BCUT2D eigenvalue weighted by Gasteiger charge is -2.08. The zero-order valence-corrected chi connectivity index (χ0v) is 10.1.